The zero-order valence-corrected chi connectivity index (χ0v) is 19.3. The van der Waals surface area contributed by atoms with E-state index in [1.807, 2.05) is 36.2 Å². The van der Waals surface area contributed by atoms with Gasteiger partial charge < -0.3 is 20.3 Å². The van der Waals surface area contributed by atoms with Gasteiger partial charge in [0.2, 0.25) is 5.91 Å². The van der Waals surface area contributed by atoms with Crippen LogP contribution in [0.15, 0.2) is 53.5 Å². The van der Waals surface area contributed by atoms with Gasteiger partial charge in [-0.2, -0.15) is 0 Å². The van der Waals surface area contributed by atoms with Crippen molar-refractivity contribution >= 4 is 35.8 Å². The Hall–Kier alpha value is -2.36. The molecule has 0 aromatic heterocycles. The largest absolute Gasteiger partial charge is 0.497 e. The lowest BCUT2D eigenvalue weighted by molar-refractivity contribution is -0.120. The van der Waals surface area contributed by atoms with Crippen molar-refractivity contribution in [3.8, 4) is 5.75 Å². The van der Waals surface area contributed by atoms with Crippen LogP contribution < -0.4 is 15.4 Å². The first kappa shape index (κ1) is 24.7. The molecule has 0 aliphatic heterocycles. The monoisotopic (exact) mass is 514 g/mol. The minimum atomic E-state index is -0.337. The number of nitrogens with zero attached hydrogens (tertiary/aromatic N) is 2. The van der Waals surface area contributed by atoms with E-state index in [2.05, 4.69) is 15.6 Å². The SMILES string of the molecule is CN=C(NCCNC(=O)Cc1cccc(F)c1)N(C)Cc1ccc(OC)cc1.I. The zero-order valence-electron chi connectivity index (χ0n) is 16.9. The third-order valence-corrected chi connectivity index (χ3v) is 4.14. The maximum atomic E-state index is 13.2. The highest BCUT2D eigenvalue weighted by molar-refractivity contribution is 14.0. The average Bonchev–Trinajstić information content (AvgIpc) is 2.68. The van der Waals surface area contributed by atoms with Gasteiger partial charge in [0.1, 0.15) is 11.6 Å². The summed E-state index contributed by atoms with van der Waals surface area (Å²) in [7, 11) is 5.31. The molecule has 0 atom stereocenters. The number of aliphatic imine (C=N–C) groups is 1. The summed E-state index contributed by atoms with van der Waals surface area (Å²) in [6.45, 7) is 1.67. The topological polar surface area (TPSA) is 66.0 Å². The van der Waals surface area contributed by atoms with Gasteiger partial charge in [-0.05, 0) is 35.4 Å². The van der Waals surface area contributed by atoms with E-state index in [4.69, 9.17) is 4.74 Å². The molecule has 158 valence electrons. The molecule has 0 bridgehead atoms. The van der Waals surface area contributed by atoms with Crippen molar-refractivity contribution in [3.05, 3.63) is 65.5 Å². The number of benzene rings is 2. The van der Waals surface area contributed by atoms with Gasteiger partial charge in [0.25, 0.3) is 0 Å². The second-order valence-electron chi connectivity index (χ2n) is 6.33. The number of hydrogen-bond acceptors (Lipinski definition) is 3. The number of guanidine groups is 1. The van der Waals surface area contributed by atoms with Crippen LogP contribution in [0.5, 0.6) is 5.75 Å². The molecule has 0 unspecified atom stereocenters. The van der Waals surface area contributed by atoms with Crippen molar-refractivity contribution < 1.29 is 13.9 Å². The summed E-state index contributed by atoms with van der Waals surface area (Å²) in [5.74, 6) is 1.07. The highest BCUT2D eigenvalue weighted by Crippen LogP contribution is 2.12. The van der Waals surface area contributed by atoms with E-state index >= 15 is 0 Å². The Morgan fingerprint density at radius 3 is 2.41 bits per heavy atom. The Morgan fingerprint density at radius 2 is 1.79 bits per heavy atom. The van der Waals surface area contributed by atoms with Crippen LogP contribution in [0.1, 0.15) is 11.1 Å². The molecule has 0 spiro atoms. The Labute approximate surface area is 188 Å². The molecule has 0 aliphatic rings. The van der Waals surface area contributed by atoms with E-state index in [0.29, 0.717) is 25.2 Å². The number of ether oxygens (including phenoxy) is 1. The molecule has 2 aromatic rings. The molecule has 0 heterocycles. The fourth-order valence-corrected chi connectivity index (χ4v) is 2.74. The van der Waals surface area contributed by atoms with Gasteiger partial charge >= 0.3 is 0 Å². The third kappa shape index (κ3) is 8.68. The van der Waals surface area contributed by atoms with Gasteiger partial charge in [0, 0.05) is 33.7 Å². The van der Waals surface area contributed by atoms with Crippen LogP contribution in [0, 0.1) is 5.82 Å². The quantitative estimate of drug-likeness (QED) is 0.246. The number of rotatable bonds is 8. The molecule has 0 fully saturated rings. The minimum Gasteiger partial charge on any atom is -0.497 e. The standard InChI is InChI=1S/C21H27FN4O2.HI/c1-23-21(26(2)15-16-7-9-19(28-3)10-8-16)25-12-11-24-20(27)14-17-5-4-6-18(22)13-17;/h4-10,13H,11-12,14-15H2,1-3H3,(H,23,25)(H,24,27);1H. The van der Waals surface area contributed by atoms with Gasteiger partial charge in [-0.1, -0.05) is 24.3 Å². The molecule has 2 aromatic carbocycles. The molecule has 2 rings (SSSR count). The molecular formula is C21H28FIN4O2. The Morgan fingerprint density at radius 1 is 1.10 bits per heavy atom. The number of hydrogen-bond donors (Lipinski definition) is 2. The average molecular weight is 514 g/mol. The van der Waals surface area contributed by atoms with Gasteiger partial charge in [-0.15, -0.1) is 24.0 Å². The van der Waals surface area contributed by atoms with Crippen LogP contribution in [-0.2, 0) is 17.8 Å². The van der Waals surface area contributed by atoms with E-state index in [0.717, 1.165) is 17.3 Å². The van der Waals surface area contributed by atoms with Crippen molar-refractivity contribution in [1.82, 2.24) is 15.5 Å². The van der Waals surface area contributed by atoms with Crippen molar-refractivity contribution in [2.24, 2.45) is 4.99 Å². The lowest BCUT2D eigenvalue weighted by Crippen LogP contribution is -2.42. The lowest BCUT2D eigenvalue weighted by Gasteiger charge is -2.22. The summed E-state index contributed by atoms with van der Waals surface area (Å²) in [5.41, 5.74) is 1.79. The summed E-state index contributed by atoms with van der Waals surface area (Å²) < 4.78 is 18.3. The van der Waals surface area contributed by atoms with Crippen molar-refractivity contribution in [1.29, 1.82) is 0 Å². The fraction of sp³-hybridized carbons (Fsp3) is 0.333. The molecule has 2 N–H and O–H groups in total. The van der Waals surface area contributed by atoms with Gasteiger partial charge in [-0.3, -0.25) is 9.79 Å². The maximum Gasteiger partial charge on any atom is 0.224 e. The molecule has 0 saturated carbocycles. The van der Waals surface area contributed by atoms with E-state index in [9.17, 15) is 9.18 Å². The Balaban J connectivity index is 0.00000420. The fourth-order valence-electron chi connectivity index (χ4n) is 2.74. The molecule has 0 aliphatic carbocycles. The summed E-state index contributed by atoms with van der Waals surface area (Å²) in [6, 6.07) is 13.9. The number of nitrogens with one attached hydrogen (secondary N) is 2. The van der Waals surface area contributed by atoms with Crippen LogP contribution in [0.25, 0.3) is 0 Å². The number of carbonyl (C=O) groups excluding carboxylic acids is 1. The molecule has 1 amide bonds. The van der Waals surface area contributed by atoms with Crippen LogP contribution in [-0.4, -0.2) is 51.1 Å². The van der Waals surface area contributed by atoms with E-state index in [1.54, 1.807) is 26.3 Å². The Kier molecular flexibility index (Phi) is 11.0. The first-order valence-electron chi connectivity index (χ1n) is 9.07. The molecule has 6 nitrogen and oxygen atoms in total. The lowest BCUT2D eigenvalue weighted by atomic mass is 10.1. The predicted molar refractivity (Wildman–Crippen MR) is 124 cm³/mol. The normalized spacial score (nSPS) is 10.7. The molecule has 29 heavy (non-hydrogen) atoms. The van der Waals surface area contributed by atoms with Gasteiger partial charge in [0.15, 0.2) is 5.96 Å². The molecular weight excluding hydrogens is 486 g/mol. The number of halogens is 2. The van der Waals surface area contributed by atoms with Gasteiger partial charge in [0.05, 0.1) is 13.5 Å². The van der Waals surface area contributed by atoms with E-state index < -0.39 is 0 Å². The van der Waals surface area contributed by atoms with Crippen LogP contribution in [0.2, 0.25) is 0 Å². The van der Waals surface area contributed by atoms with Crippen LogP contribution in [0.4, 0.5) is 4.39 Å². The summed E-state index contributed by atoms with van der Waals surface area (Å²) in [6.07, 6.45) is 0.157. The second kappa shape index (κ2) is 13.0. The first-order chi connectivity index (χ1) is 13.5. The molecule has 8 heteroatoms. The van der Waals surface area contributed by atoms with Gasteiger partial charge in [-0.25, -0.2) is 4.39 Å². The highest BCUT2D eigenvalue weighted by atomic mass is 127. The van der Waals surface area contributed by atoms with Crippen LogP contribution >= 0.6 is 24.0 Å². The Bertz CT molecular complexity index is 800. The summed E-state index contributed by atoms with van der Waals surface area (Å²) in [5, 5.41) is 6.04. The number of carbonyl (C=O) groups is 1. The van der Waals surface area contributed by atoms with Crippen molar-refractivity contribution in [3.63, 3.8) is 0 Å². The van der Waals surface area contributed by atoms with Crippen LogP contribution in [0.3, 0.4) is 0 Å². The minimum absolute atomic E-state index is 0. The zero-order chi connectivity index (χ0) is 20.4. The smallest absolute Gasteiger partial charge is 0.224 e. The number of methoxy groups -OCH3 is 1. The van der Waals surface area contributed by atoms with Crippen molar-refractivity contribution in [2.75, 3.05) is 34.3 Å². The molecule has 0 saturated heterocycles. The third-order valence-electron chi connectivity index (χ3n) is 4.14. The summed E-state index contributed by atoms with van der Waals surface area (Å²) >= 11 is 0. The predicted octanol–water partition coefficient (Wildman–Crippen LogP) is 2.82. The highest BCUT2D eigenvalue weighted by Gasteiger charge is 2.08. The summed E-state index contributed by atoms with van der Waals surface area (Å²) in [4.78, 5) is 18.2. The van der Waals surface area contributed by atoms with E-state index in [1.165, 1.54) is 12.1 Å². The van der Waals surface area contributed by atoms with Crippen molar-refractivity contribution in [2.45, 2.75) is 13.0 Å². The van der Waals surface area contributed by atoms with E-state index in [-0.39, 0.29) is 42.1 Å². The number of amides is 1. The second-order valence-corrected chi connectivity index (χ2v) is 6.33. The molecule has 0 radical (unpaired) electrons. The maximum absolute atomic E-state index is 13.2. The first-order valence-corrected chi connectivity index (χ1v) is 9.07.